The highest BCUT2D eigenvalue weighted by atomic mass is 16.8. The number of rotatable bonds is 9. The van der Waals surface area contributed by atoms with Crippen molar-refractivity contribution >= 4 is 11.0 Å². The summed E-state index contributed by atoms with van der Waals surface area (Å²) < 4.78 is 39.4. The van der Waals surface area contributed by atoms with Gasteiger partial charge in [0.05, 0.1) is 19.3 Å². The van der Waals surface area contributed by atoms with Crippen molar-refractivity contribution < 1.29 is 94.1 Å². The number of hydrogen-bond donors (Lipinski definition) is 12. The van der Waals surface area contributed by atoms with Gasteiger partial charge in [0.15, 0.2) is 18.3 Å². The minimum atomic E-state index is -1.87. The largest absolute Gasteiger partial charge is 0.508 e. The fourth-order valence-electron chi connectivity index (χ4n) is 6.25. The second-order valence-electron chi connectivity index (χ2n) is 12.9. The number of phenols is 2. The Morgan fingerprint density at radius 2 is 1.32 bits per heavy atom. The van der Waals surface area contributed by atoms with Crippen LogP contribution in [0.4, 0.5) is 0 Å². The number of ether oxygens (including phenoxy) is 6. The van der Waals surface area contributed by atoms with E-state index in [1.165, 1.54) is 31.2 Å². The third-order valence-corrected chi connectivity index (χ3v) is 9.32. The van der Waals surface area contributed by atoms with Crippen molar-refractivity contribution in [3.63, 3.8) is 0 Å². The Balaban J connectivity index is 1.15. The quantitative estimate of drug-likeness (QED) is 0.100. The molecule has 0 saturated carbocycles. The van der Waals surface area contributed by atoms with Crippen LogP contribution in [0.5, 0.6) is 23.0 Å². The lowest BCUT2D eigenvalue weighted by atomic mass is 9.97. The van der Waals surface area contributed by atoms with Gasteiger partial charge in [-0.1, -0.05) is 0 Å². The number of fused-ring (bicyclic) bond motifs is 1. The first kappa shape index (κ1) is 39.0. The number of phenolic OH excluding ortho intramolecular Hbond substituents is 2. The molecule has 0 aliphatic carbocycles. The molecule has 20 nitrogen and oxygen atoms in total. The maximum Gasteiger partial charge on any atom is 0.238 e. The Morgan fingerprint density at radius 3 is 1.98 bits per heavy atom. The van der Waals surface area contributed by atoms with Crippen molar-refractivity contribution in [2.24, 2.45) is 0 Å². The van der Waals surface area contributed by atoms with Gasteiger partial charge in [-0.25, -0.2) is 0 Å². The molecule has 4 heterocycles. The molecule has 0 bridgehead atoms. The molecule has 0 amide bonds. The zero-order valence-electron chi connectivity index (χ0n) is 27.7. The summed E-state index contributed by atoms with van der Waals surface area (Å²) in [6, 6.07) is 7.39. The van der Waals surface area contributed by atoms with Crippen LogP contribution in [0, 0.1) is 0 Å². The summed E-state index contributed by atoms with van der Waals surface area (Å²) in [7, 11) is 0. The van der Waals surface area contributed by atoms with Crippen LogP contribution in [-0.2, 0) is 23.7 Å². The van der Waals surface area contributed by atoms with Gasteiger partial charge in [-0.15, -0.1) is 0 Å². The number of benzene rings is 2. The van der Waals surface area contributed by atoms with Crippen LogP contribution in [0.25, 0.3) is 22.3 Å². The average Bonchev–Trinajstić information content (AvgIpc) is 3.13. The second kappa shape index (κ2) is 15.6. The van der Waals surface area contributed by atoms with Gasteiger partial charge in [-0.05, 0) is 31.2 Å². The van der Waals surface area contributed by atoms with Crippen molar-refractivity contribution in [2.45, 2.75) is 99.0 Å². The van der Waals surface area contributed by atoms with E-state index in [2.05, 4.69) is 0 Å². The Hall–Kier alpha value is -3.71. The molecule has 0 radical (unpaired) electrons. The fourth-order valence-corrected chi connectivity index (χ4v) is 6.25. The predicted octanol–water partition coefficient (Wildman–Crippen LogP) is -3.57. The monoisotopic (exact) mass is 756 g/mol. The van der Waals surface area contributed by atoms with Crippen LogP contribution in [0.2, 0.25) is 0 Å². The van der Waals surface area contributed by atoms with Crippen molar-refractivity contribution in [1.29, 1.82) is 0 Å². The van der Waals surface area contributed by atoms with E-state index in [4.69, 9.17) is 32.8 Å². The van der Waals surface area contributed by atoms with E-state index < -0.39 is 122 Å². The molecule has 3 fully saturated rings. The SMILES string of the molecule is C[C@@H]1O[C@@H](OC[C@H]2O[C@@H](Oc3ccc(-c4oc5cc(O)cc(O)c5c(=O)c4O)cc3)[C@H](O)[C@@H](O)[C@@H]2O)[C@H](O[C@@H]2O[C@H](CO)[C@@H](O)[C@H](O)[C@H]2O)[C@H](O)[C@H]1O. The summed E-state index contributed by atoms with van der Waals surface area (Å²) in [6.45, 7) is 0.0289. The molecule has 3 saturated heterocycles. The molecule has 0 spiro atoms. The molecule has 292 valence electrons. The highest BCUT2D eigenvalue weighted by Crippen LogP contribution is 2.36. The molecular weight excluding hydrogens is 716 g/mol. The topological polar surface area (TPSA) is 328 Å². The number of aromatic hydroxyl groups is 3. The summed E-state index contributed by atoms with van der Waals surface area (Å²) in [5.74, 6) is -2.07. The molecule has 3 aliphatic heterocycles. The lowest BCUT2D eigenvalue weighted by Crippen LogP contribution is -2.64. The summed E-state index contributed by atoms with van der Waals surface area (Å²) in [6.07, 6.45) is -24.4. The van der Waals surface area contributed by atoms with Crippen LogP contribution < -0.4 is 10.2 Å². The molecule has 1 aromatic heterocycles. The van der Waals surface area contributed by atoms with E-state index in [9.17, 15) is 66.1 Å². The molecule has 2 aromatic carbocycles. The molecule has 15 atom stereocenters. The number of aliphatic hydroxyl groups is 9. The Bertz CT molecular complexity index is 1780. The Morgan fingerprint density at radius 1 is 0.698 bits per heavy atom. The Kier molecular flexibility index (Phi) is 11.5. The molecular formula is C33H40O20. The maximum absolute atomic E-state index is 12.7. The number of aliphatic hydroxyl groups excluding tert-OH is 9. The normalized spacial score (nSPS) is 37.8. The maximum atomic E-state index is 12.7. The van der Waals surface area contributed by atoms with Crippen LogP contribution >= 0.6 is 0 Å². The zero-order chi connectivity index (χ0) is 38.5. The van der Waals surface area contributed by atoms with Gasteiger partial charge in [-0.2, -0.15) is 0 Å². The van der Waals surface area contributed by atoms with Crippen LogP contribution in [-0.4, -0.2) is 167 Å². The van der Waals surface area contributed by atoms with E-state index in [1.807, 2.05) is 0 Å². The van der Waals surface area contributed by atoms with E-state index in [1.54, 1.807) is 0 Å². The molecule has 12 N–H and O–H groups in total. The number of hydrogen-bond acceptors (Lipinski definition) is 20. The summed E-state index contributed by atoms with van der Waals surface area (Å²) in [5, 5.41) is 123. The average molecular weight is 757 g/mol. The van der Waals surface area contributed by atoms with E-state index in [-0.39, 0.29) is 33.8 Å². The van der Waals surface area contributed by atoms with Gasteiger partial charge in [0.2, 0.25) is 17.5 Å². The third kappa shape index (κ3) is 7.52. The van der Waals surface area contributed by atoms with Gasteiger partial charge in [-0.3, -0.25) is 4.79 Å². The molecule has 3 aliphatic rings. The highest BCUT2D eigenvalue weighted by Gasteiger charge is 2.51. The van der Waals surface area contributed by atoms with E-state index in [0.29, 0.717) is 0 Å². The van der Waals surface area contributed by atoms with Gasteiger partial charge in [0.1, 0.15) is 95.4 Å². The Labute approximate surface area is 298 Å². The fraction of sp³-hybridized carbons (Fsp3) is 0.545. The van der Waals surface area contributed by atoms with Crippen molar-refractivity contribution in [2.75, 3.05) is 13.2 Å². The van der Waals surface area contributed by atoms with Gasteiger partial charge >= 0.3 is 0 Å². The molecule has 53 heavy (non-hydrogen) atoms. The second-order valence-corrected chi connectivity index (χ2v) is 12.9. The van der Waals surface area contributed by atoms with Gasteiger partial charge in [0, 0.05) is 17.7 Å². The van der Waals surface area contributed by atoms with Crippen LogP contribution in [0.15, 0.2) is 45.6 Å². The lowest BCUT2D eigenvalue weighted by molar-refractivity contribution is -0.369. The smallest absolute Gasteiger partial charge is 0.238 e. The van der Waals surface area contributed by atoms with Crippen molar-refractivity contribution in [3.8, 4) is 34.3 Å². The van der Waals surface area contributed by atoms with Gasteiger partial charge in [0.25, 0.3) is 0 Å². The van der Waals surface area contributed by atoms with Crippen LogP contribution in [0.3, 0.4) is 0 Å². The van der Waals surface area contributed by atoms with Crippen molar-refractivity contribution in [3.05, 3.63) is 46.6 Å². The standard InChI is InChI=1S/C33H40O20/c1-10-19(37)25(43)30(53-32-28(46)23(41)20(38)16(8-34)51-32)33(48-10)47-9-17-21(39)24(42)27(45)31(52-17)49-13-4-2-11(3-5-13)29-26(44)22(40)18-14(36)6-12(35)7-15(18)50-29/h2-7,10,16-17,19-21,23-25,27-28,30-39,41-46H,8-9H2,1H3/t10-,16+,17+,19-,20+,21+,23-,24-,25+,27+,28+,30+,31+,32-,33+/m0/s1. The first-order chi connectivity index (χ1) is 25.1. The minimum absolute atomic E-state index is 0.0357. The van der Waals surface area contributed by atoms with Crippen molar-refractivity contribution in [1.82, 2.24) is 0 Å². The third-order valence-electron chi connectivity index (χ3n) is 9.32. The summed E-state index contributed by atoms with van der Waals surface area (Å²) in [5.41, 5.74) is -0.993. The highest BCUT2D eigenvalue weighted by molar-refractivity contribution is 5.88. The van der Waals surface area contributed by atoms with Gasteiger partial charge < -0.3 is 94.1 Å². The molecule has 0 unspecified atom stereocenters. The lowest BCUT2D eigenvalue weighted by Gasteiger charge is -2.46. The summed E-state index contributed by atoms with van der Waals surface area (Å²) in [4.78, 5) is 12.7. The van der Waals surface area contributed by atoms with Crippen LogP contribution in [0.1, 0.15) is 6.92 Å². The zero-order valence-corrected chi connectivity index (χ0v) is 27.7. The summed E-state index contributed by atoms with van der Waals surface area (Å²) >= 11 is 0. The van der Waals surface area contributed by atoms with E-state index in [0.717, 1.165) is 12.1 Å². The van der Waals surface area contributed by atoms with E-state index >= 15 is 0 Å². The minimum Gasteiger partial charge on any atom is -0.508 e. The molecule has 20 heteroatoms. The molecule has 6 rings (SSSR count). The first-order valence-corrected chi connectivity index (χ1v) is 16.4. The molecule has 3 aromatic rings. The first-order valence-electron chi connectivity index (χ1n) is 16.4. The predicted molar refractivity (Wildman–Crippen MR) is 171 cm³/mol.